The van der Waals surface area contributed by atoms with Crippen LogP contribution in [0.25, 0.3) is 0 Å². The minimum atomic E-state index is -3.58. The summed E-state index contributed by atoms with van der Waals surface area (Å²) in [5, 5.41) is 13.7. The highest BCUT2D eigenvalue weighted by atomic mass is 79.9. The number of aliphatic hydroxyl groups is 1. The topological polar surface area (TPSA) is 134 Å². The summed E-state index contributed by atoms with van der Waals surface area (Å²) in [6.45, 7) is 1.55. The second-order valence-corrected chi connectivity index (χ2v) is 14.0. The normalized spacial score (nSPS) is 21.2. The van der Waals surface area contributed by atoms with Gasteiger partial charge in [-0.25, -0.2) is 21.6 Å². The molecule has 37 heavy (non-hydrogen) atoms. The first-order valence-corrected chi connectivity index (χ1v) is 15.7. The van der Waals surface area contributed by atoms with E-state index in [1.165, 1.54) is 23.5 Å². The summed E-state index contributed by atoms with van der Waals surface area (Å²) in [5.74, 6) is 0.350. The lowest BCUT2D eigenvalue weighted by Gasteiger charge is -2.38. The van der Waals surface area contributed by atoms with E-state index in [1.807, 2.05) is 0 Å². The van der Waals surface area contributed by atoms with Gasteiger partial charge in [0.05, 0.1) is 22.0 Å². The minimum absolute atomic E-state index is 0.00233. The second-order valence-electron chi connectivity index (χ2n) is 9.31. The molecule has 10 nitrogen and oxygen atoms in total. The van der Waals surface area contributed by atoms with Gasteiger partial charge in [-0.15, -0.1) is 0 Å². The van der Waals surface area contributed by atoms with Crippen molar-refractivity contribution in [1.29, 1.82) is 0 Å². The number of piperidine rings is 1. The molecule has 2 atom stereocenters. The van der Waals surface area contributed by atoms with Crippen LogP contribution in [0.15, 0.2) is 62.8 Å². The van der Waals surface area contributed by atoms with Crippen LogP contribution >= 0.6 is 15.9 Å². The van der Waals surface area contributed by atoms with E-state index in [0.29, 0.717) is 38.3 Å². The lowest BCUT2D eigenvalue weighted by Crippen LogP contribution is -2.47. The lowest BCUT2D eigenvalue weighted by molar-refractivity contribution is -0.0312. The Bertz CT molecular complexity index is 1280. The van der Waals surface area contributed by atoms with E-state index in [0.717, 1.165) is 10.9 Å². The molecule has 3 N–H and O–H groups in total. The van der Waals surface area contributed by atoms with Gasteiger partial charge < -0.3 is 19.9 Å². The van der Waals surface area contributed by atoms with Gasteiger partial charge in [-0.1, -0.05) is 22.0 Å². The molecular formula is C24H32BrN3O7S2. The fraction of sp³-hybridized carbons (Fsp3) is 0.500. The van der Waals surface area contributed by atoms with Crippen molar-refractivity contribution >= 4 is 36.0 Å². The molecule has 0 saturated carbocycles. The van der Waals surface area contributed by atoms with Crippen LogP contribution in [0, 0.1) is 0 Å². The Balaban J connectivity index is 1.22. The number of sulfonamides is 2. The molecule has 2 unspecified atom stereocenters. The van der Waals surface area contributed by atoms with Crippen molar-refractivity contribution < 1.29 is 31.4 Å². The predicted molar refractivity (Wildman–Crippen MR) is 141 cm³/mol. The van der Waals surface area contributed by atoms with Gasteiger partial charge in [0.15, 0.2) is 0 Å². The van der Waals surface area contributed by atoms with Gasteiger partial charge in [-0.05, 0) is 62.7 Å². The zero-order valence-corrected chi connectivity index (χ0v) is 23.7. The molecule has 204 valence electrons. The summed E-state index contributed by atoms with van der Waals surface area (Å²) < 4.78 is 66.1. The van der Waals surface area contributed by atoms with Gasteiger partial charge in [0.1, 0.15) is 18.5 Å². The molecule has 2 aliphatic heterocycles. The number of hydrogen-bond donors (Lipinski definition) is 3. The van der Waals surface area contributed by atoms with Crippen LogP contribution in [0.1, 0.15) is 19.3 Å². The Morgan fingerprint density at radius 1 is 1.14 bits per heavy atom. The fourth-order valence-corrected chi connectivity index (χ4v) is 7.09. The number of halogens is 1. The first-order chi connectivity index (χ1) is 17.5. The fourth-order valence-electron chi connectivity index (χ4n) is 4.62. The quantitative estimate of drug-likeness (QED) is 0.367. The van der Waals surface area contributed by atoms with Gasteiger partial charge in [0.25, 0.3) is 0 Å². The standard InChI is InChI=1S/C24H32BrN3O7S2/c1-26-36(30,31)23-4-2-3-21(13-23)34-17-20(29)15-27-19-14-24(35-16-19)9-11-28(12-10-24)37(32,33)22-7-5-18(25)6-8-22/h2-8,13,19-20,26-27,29H,9-12,14-17H2,1H3. The minimum Gasteiger partial charge on any atom is -0.491 e. The Labute approximate surface area is 226 Å². The number of nitrogens with one attached hydrogen (secondary N) is 2. The molecule has 0 bridgehead atoms. The molecule has 2 aromatic carbocycles. The van der Waals surface area contributed by atoms with Crippen LogP contribution in [0.3, 0.4) is 0 Å². The first kappa shape index (κ1) is 28.4. The van der Waals surface area contributed by atoms with Crippen LogP contribution in [0.4, 0.5) is 0 Å². The van der Waals surface area contributed by atoms with Crippen LogP contribution in [-0.2, 0) is 24.8 Å². The van der Waals surface area contributed by atoms with Crippen LogP contribution in [0.5, 0.6) is 5.75 Å². The monoisotopic (exact) mass is 617 g/mol. The van der Waals surface area contributed by atoms with E-state index >= 15 is 0 Å². The van der Waals surface area contributed by atoms with Crippen molar-refractivity contribution in [2.45, 2.75) is 46.8 Å². The number of nitrogens with zero attached hydrogens (tertiary/aromatic N) is 1. The molecule has 0 aliphatic carbocycles. The highest BCUT2D eigenvalue weighted by Crippen LogP contribution is 2.37. The van der Waals surface area contributed by atoms with Crippen molar-refractivity contribution in [2.75, 3.05) is 39.9 Å². The summed E-state index contributed by atoms with van der Waals surface area (Å²) >= 11 is 3.33. The van der Waals surface area contributed by atoms with E-state index in [-0.39, 0.29) is 34.6 Å². The third-order valence-electron chi connectivity index (χ3n) is 6.76. The molecule has 1 spiro atoms. The first-order valence-electron chi connectivity index (χ1n) is 12.0. The largest absolute Gasteiger partial charge is 0.491 e. The van der Waals surface area contributed by atoms with Crippen molar-refractivity contribution in [3.63, 3.8) is 0 Å². The maximum atomic E-state index is 13.0. The molecule has 4 rings (SSSR count). The Morgan fingerprint density at radius 2 is 1.84 bits per heavy atom. The number of ether oxygens (including phenoxy) is 2. The number of rotatable bonds is 10. The maximum absolute atomic E-state index is 13.0. The van der Waals surface area contributed by atoms with Crippen LogP contribution < -0.4 is 14.8 Å². The van der Waals surface area contributed by atoms with Gasteiger partial charge >= 0.3 is 0 Å². The summed E-state index contributed by atoms with van der Waals surface area (Å²) in [5.41, 5.74) is -0.371. The molecule has 2 saturated heterocycles. The molecule has 2 heterocycles. The predicted octanol–water partition coefficient (Wildman–Crippen LogP) is 1.70. The molecule has 0 amide bonds. The van der Waals surface area contributed by atoms with E-state index in [1.54, 1.807) is 36.4 Å². The number of aliphatic hydroxyl groups excluding tert-OH is 1. The van der Waals surface area contributed by atoms with Gasteiger partial charge in [-0.3, -0.25) is 0 Å². The highest BCUT2D eigenvalue weighted by molar-refractivity contribution is 9.10. The average molecular weight is 619 g/mol. The summed E-state index contributed by atoms with van der Waals surface area (Å²) in [6.07, 6.45) is 1.15. The highest BCUT2D eigenvalue weighted by Gasteiger charge is 2.44. The van der Waals surface area contributed by atoms with E-state index in [9.17, 15) is 21.9 Å². The maximum Gasteiger partial charge on any atom is 0.243 e. The average Bonchev–Trinajstić information content (AvgIpc) is 3.29. The van der Waals surface area contributed by atoms with Crippen molar-refractivity contribution in [1.82, 2.24) is 14.3 Å². The summed E-state index contributed by atoms with van der Waals surface area (Å²) in [6, 6.07) is 12.8. The number of hydrogen-bond acceptors (Lipinski definition) is 8. The third kappa shape index (κ3) is 6.90. The van der Waals surface area contributed by atoms with Gasteiger partial charge in [0.2, 0.25) is 20.0 Å². The zero-order valence-electron chi connectivity index (χ0n) is 20.5. The molecule has 2 aromatic rings. The van der Waals surface area contributed by atoms with Crippen LogP contribution in [0.2, 0.25) is 0 Å². The van der Waals surface area contributed by atoms with E-state index in [4.69, 9.17) is 9.47 Å². The van der Waals surface area contributed by atoms with Gasteiger partial charge in [0, 0.05) is 36.2 Å². The van der Waals surface area contributed by atoms with Gasteiger partial charge in [-0.2, -0.15) is 4.31 Å². The Morgan fingerprint density at radius 3 is 2.51 bits per heavy atom. The Kier molecular flexibility index (Phi) is 8.96. The van der Waals surface area contributed by atoms with E-state index in [2.05, 4.69) is 26.0 Å². The smallest absolute Gasteiger partial charge is 0.243 e. The molecule has 2 fully saturated rings. The number of benzene rings is 2. The third-order valence-corrected chi connectivity index (χ3v) is 10.6. The molecule has 13 heteroatoms. The molecule has 2 aliphatic rings. The summed E-state index contributed by atoms with van der Waals surface area (Å²) in [7, 11) is -5.79. The molecule has 0 aromatic heterocycles. The van der Waals surface area contributed by atoms with Crippen LogP contribution in [-0.4, -0.2) is 83.9 Å². The lowest BCUT2D eigenvalue weighted by atomic mass is 9.88. The zero-order chi connectivity index (χ0) is 26.7. The second kappa shape index (κ2) is 11.7. The van der Waals surface area contributed by atoms with E-state index < -0.39 is 26.2 Å². The Hall–Kier alpha value is -1.58. The SMILES string of the molecule is CNS(=O)(=O)c1cccc(OCC(O)CNC2COC3(CCN(S(=O)(=O)c4ccc(Br)cc4)CC3)C2)c1. The summed E-state index contributed by atoms with van der Waals surface area (Å²) in [4.78, 5) is 0.370. The van der Waals surface area contributed by atoms with Crippen molar-refractivity contribution in [3.05, 3.63) is 53.0 Å². The molecule has 0 radical (unpaired) electrons. The molecular weight excluding hydrogens is 586 g/mol. The van der Waals surface area contributed by atoms with Crippen molar-refractivity contribution in [2.24, 2.45) is 0 Å². The van der Waals surface area contributed by atoms with Crippen molar-refractivity contribution in [3.8, 4) is 5.75 Å².